The van der Waals surface area contributed by atoms with Crippen LogP contribution in [0.5, 0.6) is 5.75 Å². The third-order valence-electron chi connectivity index (χ3n) is 2.08. The molecule has 0 fully saturated rings. The second-order valence-corrected chi connectivity index (χ2v) is 3.49. The van der Waals surface area contributed by atoms with Crippen LogP contribution in [0, 0.1) is 0 Å². The van der Waals surface area contributed by atoms with E-state index in [1.165, 1.54) is 12.1 Å². The lowest BCUT2D eigenvalue weighted by Gasteiger charge is -2.11. The second-order valence-electron chi connectivity index (χ2n) is 3.49. The van der Waals surface area contributed by atoms with E-state index >= 15 is 0 Å². The van der Waals surface area contributed by atoms with Crippen LogP contribution >= 0.6 is 0 Å². The van der Waals surface area contributed by atoms with E-state index in [-0.39, 0.29) is 18.4 Å². The third kappa shape index (κ3) is 4.55. The summed E-state index contributed by atoms with van der Waals surface area (Å²) in [5.74, 6) is 0.147. The SMILES string of the molecule is C[C@H](CO)NCc1ccc(OC(F)F)cc1. The number of aliphatic hydroxyl groups is 1. The van der Waals surface area contributed by atoms with Gasteiger partial charge >= 0.3 is 6.61 Å². The smallest absolute Gasteiger partial charge is 0.387 e. The third-order valence-corrected chi connectivity index (χ3v) is 2.08. The van der Waals surface area contributed by atoms with Gasteiger partial charge in [-0.15, -0.1) is 0 Å². The van der Waals surface area contributed by atoms with Gasteiger partial charge in [0.25, 0.3) is 0 Å². The summed E-state index contributed by atoms with van der Waals surface area (Å²) in [6, 6.07) is 6.40. The molecule has 5 heteroatoms. The van der Waals surface area contributed by atoms with Crippen LogP contribution in [0.1, 0.15) is 12.5 Å². The molecule has 0 aliphatic rings. The van der Waals surface area contributed by atoms with Crippen LogP contribution in [0.25, 0.3) is 0 Å². The van der Waals surface area contributed by atoms with Crippen molar-refractivity contribution < 1.29 is 18.6 Å². The zero-order chi connectivity index (χ0) is 12.0. The normalized spacial score (nSPS) is 12.8. The van der Waals surface area contributed by atoms with E-state index in [2.05, 4.69) is 10.1 Å². The van der Waals surface area contributed by atoms with E-state index in [0.717, 1.165) is 5.56 Å². The van der Waals surface area contributed by atoms with E-state index in [4.69, 9.17) is 5.11 Å². The summed E-state index contributed by atoms with van der Waals surface area (Å²) < 4.78 is 27.9. The van der Waals surface area contributed by atoms with Gasteiger partial charge in [0.15, 0.2) is 0 Å². The molecule has 3 nitrogen and oxygen atoms in total. The Kier molecular flexibility index (Phi) is 5.14. The van der Waals surface area contributed by atoms with E-state index in [9.17, 15) is 8.78 Å². The molecule has 90 valence electrons. The second kappa shape index (κ2) is 6.40. The highest BCUT2D eigenvalue weighted by Gasteiger charge is 2.04. The van der Waals surface area contributed by atoms with Crippen LogP contribution < -0.4 is 10.1 Å². The molecule has 0 saturated carbocycles. The largest absolute Gasteiger partial charge is 0.435 e. The van der Waals surface area contributed by atoms with Crippen molar-refractivity contribution >= 4 is 0 Å². The Morgan fingerprint density at radius 2 is 1.94 bits per heavy atom. The van der Waals surface area contributed by atoms with Crippen molar-refractivity contribution in [2.45, 2.75) is 26.1 Å². The van der Waals surface area contributed by atoms with Crippen molar-refractivity contribution in [2.75, 3.05) is 6.61 Å². The highest BCUT2D eigenvalue weighted by molar-refractivity contribution is 5.27. The summed E-state index contributed by atoms with van der Waals surface area (Å²) in [5, 5.41) is 11.9. The zero-order valence-corrected chi connectivity index (χ0v) is 8.99. The molecule has 0 bridgehead atoms. The monoisotopic (exact) mass is 231 g/mol. The Morgan fingerprint density at radius 3 is 2.44 bits per heavy atom. The van der Waals surface area contributed by atoms with Gasteiger partial charge in [-0.2, -0.15) is 8.78 Å². The Bertz CT molecular complexity index is 303. The number of alkyl halides is 2. The molecule has 0 aromatic heterocycles. The fourth-order valence-corrected chi connectivity index (χ4v) is 1.15. The minimum atomic E-state index is -2.79. The fraction of sp³-hybridized carbons (Fsp3) is 0.455. The first kappa shape index (κ1) is 12.9. The summed E-state index contributed by atoms with van der Waals surface area (Å²) in [6.45, 7) is -0.296. The first-order valence-electron chi connectivity index (χ1n) is 5.00. The topological polar surface area (TPSA) is 41.5 Å². The van der Waals surface area contributed by atoms with Crippen molar-refractivity contribution in [3.8, 4) is 5.75 Å². The lowest BCUT2D eigenvalue weighted by Crippen LogP contribution is -2.28. The summed E-state index contributed by atoms with van der Waals surface area (Å²) in [6.07, 6.45) is 0. The maximum absolute atomic E-state index is 11.9. The van der Waals surface area contributed by atoms with Crippen molar-refractivity contribution in [3.63, 3.8) is 0 Å². The lowest BCUT2D eigenvalue weighted by atomic mass is 10.2. The molecular weight excluding hydrogens is 216 g/mol. The molecule has 0 radical (unpaired) electrons. The van der Waals surface area contributed by atoms with Crippen LogP contribution in [0.3, 0.4) is 0 Å². The number of rotatable bonds is 6. The Labute approximate surface area is 93.0 Å². The molecule has 2 N–H and O–H groups in total. The summed E-state index contributed by atoms with van der Waals surface area (Å²) in [4.78, 5) is 0. The average molecular weight is 231 g/mol. The number of nitrogens with one attached hydrogen (secondary N) is 1. The number of ether oxygens (including phenoxy) is 1. The van der Waals surface area contributed by atoms with E-state index in [0.29, 0.717) is 6.54 Å². The maximum atomic E-state index is 11.9. The van der Waals surface area contributed by atoms with Crippen LogP contribution in [-0.2, 0) is 6.54 Å². The molecule has 0 unspecified atom stereocenters. The lowest BCUT2D eigenvalue weighted by molar-refractivity contribution is -0.0498. The predicted octanol–water partition coefficient (Wildman–Crippen LogP) is 1.76. The Balaban J connectivity index is 2.45. The summed E-state index contributed by atoms with van der Waals surface area (Å²) in [5.41, 5.74) is 0.946. The molecule has 0 saturated heterocycles. The van der Waals surface area contributed by atoms with Gasteiger partial charge in [-0.1, -0.05) is 12.1 Å². The van der Waals surface area contributed by atoms with Gasteiger partial charge in [0, 0.05) is 12.6 Å². The van der Waals surface area contributed by atoms with Gasteiger partial charge in [0.2, 0.25) is 0 Å². The van der Waals surface area contributed by atoms with Crippen LogP contribution in [-0.4, -0.2) is 24.4 Å². The fourth-order valence-electron chi connectivity index (χ4n) is 1.15. The van der Waals surface area contributed by atoms with Gasteiger partial charge < -0.3 is 15.2 Å². The summed E-state index contributed by atoms with van der Waals surface area (Å²) >= 11 is 0. The van der Waals surface area contributed by atoms with E-state index in [1.54, 1.807) is 12.1 Å². The molecule has 16 heavy (non-hydrogen) atoms. The quantitative estimate of drug-likeness (QED) is 0.783. The number of hydrogen-bond acceptors (Lipinski definition) is 3. The minimum Gasteiger partial charge on any atom is -0.435 e. The molecule has 0 amide bonds. The molecular formula is C11H15F2NO2. The van der Waals surface area contributed by atoms with Gasteiger partial charge in [0.1, 0.15) is 5.75 Å². The van der Waals surface area contributed by atoms with Crippen molar-refractivity contribution in [1.82, 2.24) is 5.32 Å². The van der Waals surface area contributed by atoms with Crippen LogP contribution in [0.2, 0.25) is 0 Å². The van der Waals surface area contributed by atoms with Crippen molar-refractivity contribution in [1.29, 1.82) is 0 Å². The molecule has 0 aliphatic heterocycles. The minimum absolute atomic E-state index is 0.0111. The maximum Gasteiger partial charge on any atom is 0.387 e. The predicted molar refractivity (Wildman–Crippen MR) is 56.5 cm³/mol. The first-order chi connectivity index (χ1) is 7.61. The molecule has 1 aromatic carbocycles. The molecule has 1 rings (SSSR count). The van der Waals surface area contributed by atoms with E-state index in [1.807, 2.05) is 6.92 Å². The summed E-state index contributed by atoms with van der Waals surface area (Å²) in [7, 11) is 0. The zero-order valence-electron chi connectivity index (χ0n) is 8.99. The van der Waals surface area contributed by atoms with Gasteiger partial charge in [-0.3, -0.25) is 0 Å². The number of hydrogen-bond donors (Lipinski definition) is 2. The average Bonchev–Trinajstić information content (AvgIpc) is 2.27. The number of halogens is 2. The Morgan fingerprint density at radius 1 is 1.31 bits per heavy atom. The standard InChI is InChI=1S/C11H15F2NO2/c1-8(7-15)14-6-9-2-4-10(5-3-9)16-11(12)13/h2-5,8,11,14-15H,6-7H2,1H3/t8-/m1/s1. The number of benzene rings is 1. The highest BCUT2D eigenvalue weighted by Crippen LogP contribution is 2.14. The van der Waals surface area contributed by atoms with Gasteiger partial charge in [-0.25, -0.2) is 0 Å². The number of aliphatic hydroxyl groups excluding tert-OH is 1. The Hall–Kier alpha value is -1.20. The highest BCUT2D eigenvalue weighted by atomic mass is 19.3. The van der Waals surface area contributed by atoms with Crippen LogP contribution in [0.4, 0.5) is 8.78 Å². The van der Waals surface area contributed by atoms with E-state index < -0.39 is 6.61 Å². The van der Waals surface area contributed by atoms with Gasteiger partial charge in [-0.05, 0) is 24.6 Å². The molecule has 1 aromatic rings. The molecule has 0 spiro atoms. The van der Waals surface area contributed by atoms with Crippen molar-refractivity contribution in [3.05, 3.63) is 29.8 Å². The first-order valence-corrected chi connectivity index (χ1v) is 5.00. The molecule has 0 aliphatic carbocycles. The van der Waals surface area contributed by atoms with Crippen LogP contribution in [0.15, 0.2) is 24.3 Å². The molecule has 1 atom stereocenters. The van der Waals surface area contributed by atoms with Crippen molar-refractivity contribution in [2.24, 2.45) is 0 Å². The molecule has 0 heterocycles. The van der Waals surface area contributed by atoms with Gasteiger partial charge in [0.05, 0.1) is 6.61 Å².